The van der Waals surface area contributed by atoms with E-state index in [1.54, 1.807) is 12.4 Å². The molecule has 1 saturated heterocycles. The van der Waals surface area contributed by atoms with Gasteiger partial charge in [-0.25, -0.2) is 0 Å². The zero-order valence-electron chi connectivity index (χ0n) is 11.8. The number of hydrogen-bond donors (Lipinski definition) is 2. The third-order valence-electron chi connectivity index (χ3n) is 3.72. The minimum atomic E-state index is 0.0542. The fourth-order valence-corrected chi connectivity index (χ4v) is 2.68. The van der Waals surface area contributed by atoms with Gasteiger partial charge >= 0.3 is 0 Å². The number of likely N-dealkylation sites (tertiary alicyclic amines) is 1. The van der Waals surface area contributed by atoms with E-state index in [0.717, 1.165) is 37.9 Å². The van der Waals surface area contributed by atoms with Gasteiger partial charge in [-0.2, -0.15) is 0 Å². The van der Waals surface area contributed by atoms with Gasteiger partial charge in [0.15, 0.2) is 0 Å². The van der Waals surface area contributed by atoms with Gasteiger partial charge in [-0.05, 0) is 43.4 Å². The number of aliphatic hydroxyl groups is 1. The summed E-state index contributed by atoms with van der Waals surface area (Å²) in [6.45, 7) is 3.11. The fraction of sp³-hybridized carbons (Fsp3) is 0.600. The van der Waals surface area contributed by atoms with Gasteiger partial charge in [0.05, 0.1) is 6.54 Å². The number of rotatable bonds is 6. The number of pyridine rings is 1. The topological polar surface area (TPSA) is 65.5 Å². The highest BCUT2D eigenvalue weighted by Gasteiger charge is 2.20. The predicted molar refractivity (Wildman–Crippen MR) is 77.0 cm³/mol. The van der Waals surface area contributed by atoms with Gasteiger partial charge in [0.1, 0.15) is 0 Å². The first-order valence-electron chi connectivity index (χ1n) is 7.26. The monoisotopic (exact) mass is 277 g/mol. The van der Waals surface area contributed by atoms with Crippen LogP contribution in [0.3, 0.4) is 0 Å². The Kier molecular flexibility index (Phi) is 5.95. The Hall–Kier alpha value is -1.46. The summed E-state index contributed by atoms with van der Waals surface area (Å²) in [5, 5.41) is 11.9. The maximum atomic E-state index is 11.9. The van der Waals surface area contributed by atoms with Crippen molar-refractivity contribution in [1.82, 2.24) is 15.2 Å². The molecule has 110 valence electrons. The highest BCUT2D eigenvalue weighted by Crippen LogP contribution is 2.18. The lowest BCUT2D eigenvalue weighted by Crippen LogP contribution is -2.42. The van der Waals surface area contributed by atoms with Crippen molar-refractivity contribution in [2.75, 3.05) is 26.2 Å². The van der Waals surface area contributed by atoms with E-state index >= 15 is 0 Å². The van der Waals surface area contributed by atoms with E-state index in [1.165, 1.54) is 0 Å². The molecule has 0 radical (unpaired) electrons. The van der Waals surface area contributed by atoms with Crippen molar-refractivity contribution < 1.29 is 9.90 Å². The molecule has 1 aliphatic heterocycles. The van der Waals surface area contributed by atoms with E-state index in [4.69, 9.17) is 5.11 Å². The second kappa shape index (κ2) is 7.97. The summed E-state index contributed by atoms with van der Waals surface area (Å²) < 4.78 is 0. The summed E-state index contributed by atoms with van der Waals surface area (Å²) in [5.74, 6) is 0.582. The van der Waals surface area contributed by atoms with Gasteiger partial charge in [-0.1, -0.05) is 6.07 Å². The van der Waals surface area contributed by atoms with Crippen molar-refractivity contribution in [1.29, 1.82) is 0 Å². The number of carbonyl (C=O) groups is 1. The van der Waals surface area contributed by atoms with Gasteiger partial charge in [0, 0.05) is 32.1 Å². The molecule has 2 heterocycles. The van der Waals surface area contributed by atoms with Gasteiger partial charge in [-0.15, -0.1) is 0 Å². The fourth-order valence-electron chi connectivity index (χ4n) is 2.68. The van der Waals surface area contributed by atoms with Crippen LogP contribution < -0.4 is 5.32 Å². The molecule has 5 nitrogen and oxygen atoms in total. The molecular formula is C15H23N3O2. The van der Waals surface area contributed by atoms with Crippen LogP contribution in [0.1, 0.15) is 24.8 Å². The van der Waals surface area contributed by atoms with E-state index in [0.29, 0.717) is 19.0 Å². The van der Waals surface area contributed by atoms with Crippen LogP contribution in [0.5, 0.6) is 0 Å². The number of aromatic nitrogens is 1. The minimum absolute atomic E-state index is 0.0542. The lowest BCUT2D eigenvalue weighted by Gasteiger charge is -2.31. The lowest BCUT2D eigenvalue weighted by atomic mass is 9.95. The SMILES string of the molecule is O=C(CN1CCC[C@@H](CCO)C1)NCc1cccnc1. The minimum Gasteiger partial charge on any atom is -0.396 e. The maximum absolute atomic E-state index is 11.9. The Labute approximate surface area is 120 Å². The van der Waals surface area contributed by atoms with E-state index in [-0.39, 0.29) is 12.5 Å². The number of piperidine rings is 1. The van der Waals surface area contributed by atoms with Gasteiger partial charge in [-0.3, -0.25) is 14.7 Å². The quantitative estimate of drug-likeness (QED) is 0.807. The summed E-state index contributed by atoms with van der Waals surface area (Å²) in [6, 6.07) is 3.82. The molecule has 1 aromatic heterocycles. The highest BCUT2D eigenvalue weighted by atomic mass is 16.3. The van der Waals surface area contributed by atoms with Crippen LogP contribution in [0.2, 0.25) is 0 Å². The lowest BCUT2D eigenvalue weighted by molar-refractivity contribution is -0.122. The van der Waals surface area contributed by atoms with Crippen LogP contribution in [0.25, 0.3) is 0 Å². The van der Waals surface area contributed by atoms with Crippen LogP contribution in [-0.2, 0) is 11.3 Å². The largest absolute Gasteiger partial charge is 0.396 e. The van der Waals surface area contributed by atoms with Crippen molar-refractivity contribution in [3.63, 3.8) is 0 Å². The molecule has 0 spiro atoms. The van der Waals surface area contributed by atoms with Crippen LogP contribution in [0.4, 0.5) is 0 Å². The zero-order chi connectivity index (χ0) is 14.2. The van der Waals surface area contributed by atoms with Crippen LogP contribution in [0, 0.1) is 5.92 Å². The molecule has 1 aromatic rings. The number of nitrogens with zero attached hydrogens (tertiary/aromatic N) is 2. The molecule has 0 unspecified atom stereocenters. The second-order valence-corrected chi connectivity index (χ2v) is 5.39. The number of nitrogens with one attached hydrogen (secondary N) is 1. The van der Waals surface area contributed by atoms with Crippen molar-refractivity contribution >= 4 is 5.91 Å². The smallest absolute Gasteiger partial charge is 0.234 e. The first kappa shape index (κ1) is 14.9. The Morgan fingerprint density at radius 3 is 3.20 bits per heavy atom. The highest BCUT2D eigenvalue weighted by molar-refractivity contribution is 5.78. The summed E-state index contributed by atoms with van der Waals surface area (Å²) in [7, 11) is 0. The molecular weight excluding hydrogens is 254 g/mol. The normalized spacial score (nSPS) is 19.8. The Balaban J connectivity index is 1.71. The average Bonchev–Trinajstić information content (AvgIpc) is 2.47. The molecule has 0 aliphatic carbocycles. The Morgan fingerprint density at radius 1 is 1.55 bits per heavy atom. The molecule has 1 aliphatic rings. The molecule has 1 fully saturated rings. The van der Waals surface area contributed by atoms with E-state index in [2.05, 4.69) is 15.2 Å². The van der Waals surface area contributed by atoms with E-state index in [9.17, 15) is 4.79 Å². The summed E-state index contributed by atoms with van der Waals surface area (Å²) in [4.78, 5) is 18.1. The molecule has 0 aromatic carbocycles. The molecule has 20 heavy (non-hydrogen) atoms. The number of amides is 1. The molecule has 0 bridgehead atoms. The Bertz CT molecular complexity index is 409. The number of aliphatic hydroxyl groups excluding tert-OH is 1. The average molecular weight is 277 g/mol. The van der Waals surface area contributed by atoms with Gasteiger partial charge in [0.25, 0.3) is 0 Å². The van der Waals surface area contributed by atoms with Crippen molar-refractivity contribution in [3.05, 3.63) is 30.1 Å². The van der Waals surface area contributed by atoms with Gasteiger partial charge < -0.3 is 10.4 Å². The Morgan fingerprint density at radius 2 is 2.45 bits per heavy atom. The predicted octanol–water partition coefficient (Wildman–Crippen LogP) is 0.792. The summed E-state index contributed by atoms with van der Waals surface area (Å²) in [5.41, 5.74) is 1.01. The van der Waals surface area contributed by atoms with Crippen LogP contribution in [-0.4, -0.2) is 47.1 Å². The van der Waals surface area contributed by atoms with E-state index < -0.39 is 0 Å². The summed E-state index contributed by atoms with van der Waals surface area (Å²) in [6.07, 6.45) is 6.60. The van der Waals surface area contributed by atoms with Gasteiger partial charge in [0.2, 0.25) is 5.91 Å². The maximum Gasteiger partial charge on any atom is 0.234 e. The van der Waals surface area contributed by atoms with Crippen molar-refractivity contribution in [2.24, 2.45) is 5.92 Å². The third-order valence-corrected chi connectivity index (χ3v) is 3.72. The third kappa shape index (κ3) is 4.90. The molecule has 1 amide bonds. The first-order chi connectivity index (χ1) is 9.78. The first-order valence-corrected chi connectivity index (χ1v) is 7.26. The summed E-state index contributed by atoms with van der Waals surface area (Å²) >= 11 is 0. The second-order valence-electron chi connectivity index (χ2n) is 5.39. The van der Waals surface area contributed by atoms with Crippen LogP contribution >= 0.6 is 0 Å². The number of carbonyl (C=O) groups excluding carboxylic acids is 1. The number of hydrogen-bond acceptors (Lipinski definition) is 4. The van der Waals surface area contributed by atoms with Crippen LogP contribution in [0.15, 0.2) is 24.5 Å². The molecule has 5 heteroatoms. The molecule has 2 N–H and O–H groups in total. The molecule has 2 rings (SSSR count). The molecule has 0 saturated carbocycles. The van der Waals surface area contributed by atoms with E-state index in [1.807, 2.05) is 12.1 Å². The zero-order valence-corrected chi connectivity index (χ0v) is 11.8. The molecule has 1 atom stereocenters. The van der Waals surface area contributed by atoms with Crippen molar-refractivity contribution in [3.8, 4) is 0 Å². The van der Waals surface area contributed by atoms with Crippen molar-refractivity contribution in [2.45, 2.75) is 25.8 Å². The standard InChI is InChI=1S/C15H23N3O2/c19-8-5-13-4-2-7-18(11-13)12-15(20)17-10-14-3-1-6-16-9-14/h1,3,6,9,13,19H,2,4-5,7-8,10-12H2,(H,17,20)/t13-/m0/s1.